The summed E-state index contributed by atoms with van der Waals surface area (Å²) in [5.74, 6) is -1.67. The second-order valence-electron chi connectivity index (χ2n) is 7.29. The molecule has 0 spiro atoms. The topological polar surface area (TPSA) is 90.7 Å². The summed E-state index contributed by atoms with van der Waals surface area (Å²) in [6.45, 7) is 3.82. The number of phenolic OH excluding ortho intramolecular Hbond substituents is 1. The molecule has 1 fully saturated rings. The molecule has 6 nitrogen and oxygen atoms in total. The van der Waals surface area contributed by atoms with Gasteiger partial charge in [0.05, 0.1) is 11.6 Å². The van der Waals surface area contributed by atoms with Gasteiger partial charge in [0, 0.05) is 23.6 Å². The van der Waals surface area contributed by atoms with E-state index < -0.39 is 17.7 Å². The molecule has 6 heteroatoms. The molecule has 0 radical (unpaired) electrons. The molecule has 2 aromatic carbocycles. The molecule has 1 aliphatic rings. The maximum absolute atomic E-state index is 13.1. The van der Waals surface area contributed by atoms with Crippen LogP contribution in [0.5, 0.6) is 5.75 Å². The van der Waals surface area contributed by atoms with Crippen LogP contribution in [0.3, 0.4) is 0 Å². The molecular weight excluding hydrogens is 380 g/mol. The van der Waals surface area contributed by atoms with Crippen molar-refractivity contribution in [2.75, 3.05) is 4.90 Å². The third-order valence-corrected chi connectivity index (χ3v) is 5.22. The number of aromatic nitrogens is 1. The Bertz CT molecular complexity index is 1170. The molecule has 1 aliphatic heterocycles. The number of amides is 1. The Morgan fingerprint density at radius 1 is 0.967 bits per heavy atom. The molecule has 0 saturated carbocycles. The molecule has 4 rings (SSSR count). The Morgan fingerprint density at radius 3 is 2.27 bits per heavy atom. The number of Topliss-reactive ketones (excluding diaryl/α,β-unsaturated/α-hetero) is 1. The molecule has 30 heavy (non-hydrogen) atoms. The standard InChI is InChI=1S/C24H20N2O4/c1-14-3-8-19(15(2)13-14)26-21(16-4-6-18(27)7-5-16)20(23(29)24(26)30)22(28)17-9-11-25-12-10-17/h3-13,21,27-28H,1-2H3/b22-20+. The van der Waals surface area contributed by atoms with Crippen LogP contribution in [0, 0.1) is 13.8 Å². The number of rotatable bonds is 3. The number of pyridine rings is 1. The molecular formula is C24H20N2O4. The Hall–Kier alpha value is -3.93. The van der Waals surface area contributed by atoms with E-state index in [1.165, 1.54) is 29.4 Å². The van der Waals surface area contributed by atoms with Crippen molar-refractivity contribution in [2.45, 2.75) is 19.9 Å². The van der Waals surface area contributed by atoms with Crippen LogP contribution in [0.2, 0.25) is 0 Å². The van der Waals surface area contributed by atoms with Crippen LogP contribution in [0.4, 0.5) is 5.69 Å². The fourth-order valence-electron chi connectivity index (χ4n) is 3.79. The number of nitrogens with zero attached hydrogens (tertiary/aromatic N) is 2. The van der Waals surface area contributed by atoms with Crippen molar-refractivity contribution in [1.82, 2.24) is 4.98 Å². The van der Waals surface area contributed by atoms with E-state index in [1.807, 2.05) is 26.0 Å². The first-order chi connectivity index (χ1) is 14.4. The fraction of sp³-hybridized carbons (Fsp3) is 0.125. The van der Waals surface area contributed by atoms with Gasteiger partial charge in [0.15, 0.2) is 0 Å². The van der Waals surface area contributed by atoms with Crippen molar-refractivity contribution in [1.29, 1.82) is 0 Å². The number of phenols is 1. The Balaban J connectivity index is 1.97. The molecule has 0 aliphatic carbocycles. The van der Waals surface area contributed by atoms with Gasteiger partial charge in [-0.05, 0) is 55.3 Å². The first kappa shape index (κ1) is 19.4. The van der Waals surface area contributed by atoms with Crippen LogP contribution < -0.4 is 4.90 Å². The zero-order valence-electron chi connectivity index (χ0n) is 16.5. The zero-order valence-corrected chi connectivity index (χ0v) is 16.5. The van der Waals surface area contributed by atoms with Crippen LogP contribution in [-0.2, 0) is 9.59 Å². The number of ketones is 1. The third kappa shape index (κ3) is 3.22. The lowest BCUT2D eigenvalue weighted by molar-refractivity contribution is -0.132. The van der Waals surface area contributed by atoms with E-state index in [0.717, 1.165) is 11.1 Å². The number of carbonyl (C=O) groups excluding carboxylic acids is 2. The number of benzene rings is 2. The van der Waals surface area contributed by atoms with Crippen LogP contribution in [0.15, 0.2) is 72.6 Å². The summed E-state index contributed by atoms with van der Waals surface area (Å²) < 4.78 is 0. The summed E-state index contributed by atoms with van der Waals surface area (Å²) in [7, 11) is 0. The highest BCUT2D eigenvalue weighted by atomic mass is 16.3. The number of hydrogen-bond donors (Lipinski definition) is 2. The molecule has 1 unspecified atom stereocenters. The van der Waals surface area contributed by atoms with Crippen LogP contribution in [0.1, 0.15) is 28.3 Å². The number of anilines is 1. The number of aromatic hydroxyl groups is 1. The molecule has 1 amide bonds. The Kier molecular flexibility index (Phi) is 4.83. The van der Waals surface area contributed by atoms with Crippen molar-refractivity contribution in [3.05, 3.63) is 94.8 Å². The van der Waals surface area contributed by atoms with Gasteiger partial charge in [-0.2, -0.15) is 0 Å². The average Bonchev–Trinajstić information content (AvgIpc) is 3.00. The van der Waals surface area contributed by atoms with Gasteiger partial charge < -0.3 is 10.2 Å². The highest BCUT2D eigenvalue weighted by Crippen LogP contribution is 2.43. The molecule has 1 atom stereocenters. The van der Waals surface area contributed by atoms with E-state index in [4.69, 9.17) is 0 Å². The minimum atomic E-state index is -0.833. The summed E-state index contributed by atoms with van der Waals surface area (Å²) in [6.07, 6.45) is 3.01. The van der Waals surface area contributed by atoms with Crippen molar-refractivity contribution in [2.24, 2.45) is 0 Å². The second kappa shape index (κ2) is 7.48. The molecule has 150 valence electrons. The van der Waals surface area contributed by atoms with Crippen molar-refractivity contribution in [3.8, 4) is 5.75 Å². The molecule has 2 heterocycles. The monoisotopic (exact) mass is 400 g/mol. The third-order valence-electron chi connectivity index (χ3n) is 5.22. The Morgan fingerprint density at radius 2 is 1.63 bits per heavy atom. The van der Waals surface area contributed by atoms with Gasteiger partial charge in [0.25, 0.3) is 11.7 Å². The highest BCUT2D eigenvalue weighted by molar-refractivity contribution is 6.51. The lowest BCUT2D eigenvalue weighted by Crippen LogP contribution is -2.30. The second-order valence-corrected chi connectivity index (χ2v) is 7.29. The van der Waals surface area contributed by atoms with E-state index in [2.05, 4.69) is 4.98 Å². The van der Waals surface area contributed by atoms with Gasteiger partial charge in [-0.15, -0.1) is 0 Å². The lowest BCUT2D eigenvalue weighted by Gasteiger charge is -2.27. The minimum Gasteiger partial charge on any atom is -0.508 e. The van der Waals surface area contributed by atoms with Crippen LogP contribution in [0.25, 0.3) is 5.76 Å². The van der Waals surface area contributed by atoms with Crippen molar-refractivity contribution in [3.63, 3.8) is 0 Å². The van der Waals surface area contributed by atoms with E-state index in [0.29, 0.717) is 16.8 Å². The van der Waals surface area contributed by atoms with Gasteiger partial charge in [0.1, 0.15) is 11.5 Å². The van der Waals surface area contributed by atoms with Gasteiger partial charge in [-0.25, -0.2) is 0 Å². The SMILES string of the molecule is Cc1ccc(N2C(=O)C(=O)/C(=C(/O)c3ccncc3)C2c2ccc(O)cc2)c(C)c1. The minimum absolute atomic E-state index is 0.00290. The summed E-state index contributed by atoms with van der Waals surface area (Å²) in [5, 5.41) is 20.7. The lowest BCUT2D eigenvalue weighted by atomic mass is 9.95. The normalized spacial score (nSPS) is 18.1. The van der Waals surface area contributed by atoms with Gasteiger partial charge >= 0.3 is 0 Å². The predicted molar refractivity (Wildman–Crippen MR) is 113 cm³/mol. The van der Waals surface area contributed by atoms with Crippen LogP contribution in [-0.4, -0.2) is 26.9 Å². The van der Waals surface area contributed by atoms with E-state index in [1.54, 1.807) is 30.3 Å². The largest absolute Gasteiger partial charge is 0.508 e. The van der Waals surface area contributed by atoms with Crippen molar-refractivity contribution >= 4 is 23.1 Å². The van der Waals surface area contributed by atoms with Gasteiger partial charge in [-0.1, -0.05) is 29.8 Å². The predicted octanol–water partition coefficient (Wildman–Crippen LogP) is 4.03. The van der Waals surface area contributed by atoms with Gasteiger partial charge in [-0.3, -0.25) is 19.5 Å². The highest BCUT2D eigenvalue weighted by Gasteiger charge is 2.47. The maximum Gasteiger partial charge on any atom is 0.300 e. The first-order valence-electron chi connectivity index (χ1n) is 9.46. The van der Waals surface area contributed by atoms with E-state index in [-0.39, 0.29) is 17.1 Å². The average molecular weight is 400 g/mol. The van der Waals surface area contributed by atoms with Gasteiger partial charge in [0.2, 0.25) is 0 Å². The quantitative estimate of drug-likeness (QED) is 0.394. The molecule has 0 bridgehead atoms. The molecule has 3 aromatic rings. The number of aliphatic hydroxyl groups is 1. The molecule has 2 N–H and O–H groups in total. The summed E-state index contributed by atoms with van der Waals surface area (Å²) in [5.41, 5.74) is 3.46. The number of hydrogen-bond acceptors (Lipinski definition) is 5. The summed E-state index contributed by atoms with van der Waals surface area (Å²) in [6, 6.07) is 14.2. The number of carbonyl (C=O) groups is 2. The number of aliphatic hydroxyl groups excluding tert-OH is 1. The fourth-order valence-corrected chi connectivity index (χ4v) is 3.79. The molecule has 1 saturated heterocycles. The van der Waals surface area contributed by atoms with Crippen molar-refractivity contribution < 1.29 is 19.8 Å². The smallest absolute Gasteiger partial charge is 0.300 e. The summed E-state index contributed by atoms with van der Waals surface area (Å²) >= 11 is 0. The zero-order chi connectivity index (χ0) is 21.4. The molecule has 1 aromatic heterocycles. The maximum atomic E-state index is 13.1. The first-order valence-corrected chi connectivity index (χ1v) is 9.46. The summed E-state index contributed by atoms with van der Waals surface area (Å²) in [4.78, 5) is 31.5. The number of aryl methyl sites for hydroxylation is 2. The van der Waals surface area contributed by atoms with E-state index >= 15 is 0 Å². The Labute approximate surface area is 173 Å². The van der Waals surface area contributed by atoms with Crippen LogP contribution >= 0.6 is 0 Å². The van der Waals surface area contributed by atoms with E-state index in [9.17, 15) is 19.8 Å².